The third-order valence-corrected chi connectivity index (χ3v) is 4.87. The van der Waals surface area contributed by atoms with Gasteiger partial charge in [0, 0.05) is 38.4 Å². The first-order valence-corrected chi connectivity index (χ1v) is 9.31. The van der Waals surface area contributed by atoms with Crippen molar-refractivity contribution in [1.29, 1.82) is 0 Å². The molecule has 0 radical (unpaired) electrons. The summed E-state index contributed by atoms with van der Waals surface area (Å²) in [7, 11) is 0. The monoisotopic (exact) mass is 377 g/mol. The fourth-order valence-electron chi connectivity index (χ4n) is 3.21. The summed E-state index contributed by atoms with van der Waals surface area (Å²) in [6.07, 6.45) is 6.42. The minimum Gasteiger partial charge on any atom is -0.383 e. The summed E-state index contributed by atoms with van der Waals surface area (Å²) in [5, 5.41) is 3.21. The molecule has 1 saturated heterocycles. The fraction of sp³-hybridized carbons (Fsp3) is 0.316. The van der Waals surface area contributed by atoms with Crippen molar-refractivity contribution in [2.24, 2.45) is 0 Å². The molecule has 0 aliphatic carbocycles. The van der Waals surface area contributed by atoms with Gasteiger partial charge in [0.2, 0.25) is 0 Å². The Morgan fingerprint density at radius 3 is 2.54 bits per heavy atom. The number of hydrogen-bond donors (Lipinski definition) is 2. The highest BCUT2D eigenvalue weighted by molar-refractivity contribution is 5.72. The van der Waals surface area contributed by atoms with E-state index in [-0.39, 0.29) is 0 Å². The van der Waals surface area contributed by atoms with Crippen molar-refractivity contribution in [1.82, 2.24) is 29.8 Å². The van der Waals surface area contributed by atoms with E-state index < -0.39 is 0 Å². The van der Waals surface area contributed by atoms with Gasteiger partial charge < -0.3 is 20.9 Å². The van der Waals surface area contributed by atoms with Crippen molar-refractivity contribution in [3.8, 4) is 11.3 Å². The number of aromatic nitrogens is 5. The minimum atomic E-state index is 0.380. The first kappa shape index (κ1) is 18.1. The second kappa shape index (κ2) is 8.13. The average molecular weight is 377 g/mol. The Labute approximate surface area is 163 Å². The second-order valence-corrected chi connectivity index (χ2v) is 6.56. The van der Waals surface area contributed by atoms with Gasteiger partial charge >= 0.3 is 0 Å². The molecule has 3 aromatic heterocycles. The summed E-state index contributed by atoms with van der Waals surface area (Å²) in [4.78, 5) is 25.9. The van der Waals surface area contributed by atoms with E-state index in [9.17, 15) is 0 Å². The molecule has 0 amide bonds. The van der Waals surface area contributed by atoms with Gasteiger partial charge in [-0.3, -0.25) is 0 Å². The highest BCUT2D eigenvalue weighted by atomic mass is 15.3. The van der Waals surface area contributed by atoms with Crippen molar-refractivity contribution in [3.05, 3.63) is 43.2 Å². The lowest BCUT2D eigenvalue weighted by atomic mass is 10.2. The van der Waals surface area contributed by atoms with Crippen LogP contribution in [0.15, 0.2) is 43.2 Å². The van der Waals surface area contributed by atoms with Crippen molar-refractivity contribution in [2.75, 3.05) is 48.7 Å². The summed E-state index contributed by atoms with van der Waals surface area (Å²) in [6, 6.07) is 5.85. The maximum absolute atomic E-state index is 5.91. The molecule has 0 atom stereocenters. The van der Waals surface area contributed by atoms with Crippen molar-refractivity contribution in [2.45, 2.75) is 6.92 Å². The van der Waals surface area contributed by atoms with Crippen LogP contribution in [0.5, 0.6) is 0 Å². The topological polar surface area (TPSA) is 109 Å². The van der Waals surface area contributed by atoms with E-state index in [1.807, 2.05) is 12.3 Å². The molecular formula is C19H23N9. The SMILES string of the molecule is CCN1CCN(c2ccc(Nc3cc(-c4cncnc4N)ncn3)nc2)CC1. The number of likely N-dealkylation sites (N-methyl/N-ethyl adjacent to an activating group) is 1. The van der Waals surface area contributed by atoms with Crippen LogP contribution in [0.3, 0.4) is 0 Å². The maximum atomic E-state index is 5.91. The predicted molar refractivity (Wildman–Crippen MR) is 109 cm³/mol. The lowest BCUT2D eigenvalue weighted by molar-refractivity contribution is 0.271. The van der Waals surface area contributed by atoms with E-state index in [0.717, 1.165) is 44.2 Å². The number of nitrogens with one attached hydrogen (secondary N) is 1. The zero-order valence-electron chi connectivity index (χ0n) is 15.8. The lowest BCUT2D eigenvalue weighted by Crippen LogP contribution is -2.46. The van der Waals surface area contributed by atoms with Gasteiger partial charge in [-0.1, -0.05) is 6.92 Å². The van der Waals surface area contributed by atoms with Crippen molar-refractivity contribution < 1.29 is 0 Å². The zero-order chi connectivity index (χ0) is 19.3. The van der Waals surface area contributed by atoms with Crippen LogP contribution in [0.4, 0.5) is 23.1 Å². The Balaban J connectivity index is 1.45. The lowest BCUT2D eigenvalue weighted by Gasteiger charge is -2.35. The first-order valence-electron chi connectivity index (χ1n) is 9.31. The van der Waals surface area contributed by atoms with Gasteiger partial charge in [0.15, 0.2) is 0 Å². The van der Waals surface area contributed by atoms with Gasteiger partial charge in [0.25, 0.3) is 0 Å². The molecule has 3 aromatic rings. The van der Waals surface area contributed by atoms with E-state index in [1.165, 1.54) is 12.7 Å². The number of anilines is 4. The highest BCUT2D eigenvalue weighted by Crippen LogP contribution is 2.24. The first-order chi connectivity index (χ1) is 13.7. The number of nitrogens with zero attached hydrogens (tertiary/aromatic N) is 7. The minimum absolute atomic E-state index is 0.380. The van der Waals surface area contributed by atoms with E-state index in [0.29, 0.717) is 22.9 Å². The van der Waals surface area contributed by atoms with E-state index >= 15 is 0 Å². The van der Waals surface area contributed by atoms with Gasteiger partial charge in [-0.15, -0.1) is 0 Å². The van der Waals surface area contributed by atoms with Gasteiger partial charge in [-0.05, 0) is 18.7 Å². The molecule has 4 rings (SSSR count). The Morgan fingerprint density at radius 2 is 1.82 bits per heavy atom. The zero-order valence-corrected chi connectivity index (χ0v) is 15.8. The summed E-state index contributed by atoms with van der Waals surface area (Å²) < 4.78 is 0. The predicted octanol–water partition coefficient (Wildman–Crippen LogP) is 1.80. The number of pyridine rings is 1. The molecule has 4 heterocycles. The van der Waals surface area contributed by atoms with Crippen LogP contribution >= 0.6 is 0 Å². The standard InChI is InChI=1S/C19H23N9/c1-2-27-5-7-28(8-6-27)14-3-4-17(22-10-14)26-18-9-16(23-13-24-18)15-11-21-12-25-19(15)20/h3-4,9-13H,2,5-8H2,1H3,(H2,20,21,25)(H,22,23,24,26). The van der Waals surface area contributed by atoms with Crippen LogP contribution in [0, 0.1) is 0 Å². The van der Waals surface area contributed by atoms with Crippen molar-refractivity contribution in [3.63, 3.8) is 0 Å². The summed E-state index contributed by atoms with van der Waals surface area (Å²) in [5.41, 5.74) is 8.37. The van der Waals surface area contributed by atoms with Crippen molar-refractivity contribution >= 4 is 23.1 Å². The van der Waals surface area contributed by atoms with Crippen LogP contribution < -0.4 is 16.0 Å². The molecule has 3 N–H and O–H groups in total. The molecule has 28 heavy (non-hydrogen) atoms. The normalized spacial score (nSPS) is 14.8. The molecule has 1 aliphatic heterocycles. The Morgan fingerprint density at radius 1 is 0.964 bits per heavy atom. The summed E-state index contributed by atoms with van der Waals surface area (Å²) in [5.74, 6) is 1.73. The molecule has 0 bridgehead atoms. The van der Waals surface area contributed by atoms with Gasteiger partial charge in [-0.2, -0.15) is 0 Å². The molecule has 9 heteroatoms. The van der Waals surface area contributed by atoms with Gasteiger partial charge in [-0.25, -0.2) is 24.9 Å². The highest BCUT2D eigenvalue weighted by Gasteiger charge is 2.16. The molecule has 1 fully saturated rings. The fourth-order valence-corrected chi connectivity index (χ4v) is 3.21. The third kappa shape index (κ3) is 3.99. The van der Waals surface area contributed by atoms with Gasteiger partial charge in [0.1, 0.15) is 30.1 Å². The number of hydrogen-bond acceptors (Lipinski definition) is 9. The molecule has 0 spiro atoms. The quantitative estimate of drug-likeness (QED) is 0.688. The Hall–Kier alpha value is -3.33. The maximum Gasteiger partial charge on any atom is 0.136 e. The molecule has 1 aliphatic rings. The number of piperazine rings is 1. The van der Waals surface area contributed by atoms with Crippen LogP contribution in [0.2, 0.25) is 0 Å². The Kier molecular flexibility index (Phi) is 5.24. The average Bonchev–Trinajstić information content (AvgIpc) is 2.75. The van der Waals surface area contributed by atoms with Crippen LogP contribution in [-0.2, 0) is 0 Å². The molecule has 0 saturated carbocycles. The number of rotatable bonds is 5. The molecule has 144 valence electrons. The number of nitrogens with two attached hydrogens (primary N) is 1. The molecule has 0 unspecified atom stereocenters. The second-order valence-electron chi connectivity index (χ2n) is 6.56. The van der Waals surface area contributed by atoms with E-state index in [2.05, 4.69) is 53.0 Å². The van der Waals surface area contributed by atoms with Crippen LogP contribution in [0.25, 0.3) is 11.3 Å². The number of nitrogen functional groups attached to an aromatic ring is 1. The third-order valence-electron chi connectivity index (χ3n) is 4.87. The Bertz CT molecular complexity index is 921. The van der Waals surface area contributed by atoms with Crippen LogP contribution in [-0.4, -0.2) is 62.5 Å². The summed E-state index contributed by atoms with van der Waals surface area (Å²) >= 11 is 0. The van der Waals surface area contributed by atoms with E-state index in [4.69, 9.17) is 5.73 Å². The van der Waals surface area contributed by atoms with Gasteiger partial charge in [0.05, 0.1) is 23.1 Å². The molecular weight excluding hydrogens is 354 g/mol. The molecule has 9 nitrogen and oxygen atoms in total. The summed E-state index contributed by atoms with van der Waals surface area (Å²) in [6.45, 7) is 7.54. The molecule has 0 aromatic carbocycles. The van der Waals surface area contributed by atoms with E-state index in [1.54, 1.807) is 12.3 Å². The smallest absolute Gasteiger partial charge is 0.136 e. The largest absolute Gasteiger partial charge is 0.383 e. The van der Waals surface area contributed by atoms with Crippen LogP contribution in [0.1, 0.15) is 6.92 Å².